The maximum Gasteiger partial charge on any atom is 0.326 e. The van der Waals surface area contributed by atoms with Gasteiger partial charge in [0.1, 0.15) is 6.04 Å². The summed E-state index contributed by atoms with van der Waals surface area (Å²) in [5.74, 6) is -1.50. The van der Waals surface area contributed by atoms with Crippen LogP contribution in [0.25, 0.3) is 0 Å². The van der Waals surface area contributed by atoms with E-state index in [2.05, 4.69) is 11.9 Å². The molecule has 1 aliphatic heterocycles. The van der Waals surface area contributed by atoms with E-state index < -0.39 is 17.9 Å². The minimum atomic E-state index is -1.08. The zero-order valence-corrected chi connectivity index (χ0v) is 12.8. The number of carboxylic acids is 1. The SMILES string of the molecule is C=CCCC(NC(=O)c1cccc(N2CCCC2=O)c1)C(=O)O. The number of amides is 2. The molecule has 1 aromatic rings. The molecule has 23 heavy (non-hydrogen) atoms. The Balaban J connectivity index is 2.11. The lowest BCUT2D eigenvalue weighted by molar-refractivity contribution is -0.139. The van der Waals surface area contributed by atoms with Crippen molar-refractivity contribution in [3.8, 4) is 0 Å². The highest BCUT2D eigenvalue weighted by Gasteiger charge is 2.23. The number of anilines is 1. The molecule has 1 saturated heterocycles. The lowest BCUT2D eigenvalue weighted by Gasteiger charge is -2.17. The Bertz CT molecular complexity index is 627. The third kappa shape index (κ3) is 4.18. The fourth-order valence-electron chi connectivity index (χ4n) is 2.52. The first kappa shape index (κ1) is 16.7. The number of allylic oxidation sites excluding steroid dienone is 1. The molecule has 2 amide bonds. The van der Waals surface area contributed by atoms with Gasteiger partial charge in [0.2, 0.25) is 5.91 Å². The molecule has 1 atom stereocenters. The number of hydrogen-bond acceptors (Lipinski definition) is 3. The Morgan fingerprint density at radius 2 is 2.22 bits per heavy atom. The van der Waals surface area contributed by atoms with Crippen molar-refractivity contribution in [2.45, 2.75) is 31.7 Å². The quantitative estimate of drug-likeness (QED) is 0.753. The molecule has 0 spiro atoms. The second-order valence-corrected chi connectivity index (χ2v) is 5.43. The molecule has 0 saturated carbocycles. The molecule has 0 radical (unpaired) electrons. The van der Waals surface area contributed by atoms with Crippen LogP contribution in [0.5, 0.6) is 0 Å². The minimum absolute atomic E-state index is 0.0388. The summed E-state index contributed by atoms with van der Waals surface area (Å²) in [7, 11) is 0. The van der Waals surface area contributed by atoms with Gasteiger partial charge >= 0.3 is 5.97 Å². The lowest BCUT2D eigenvalue weighted by Crippen LogP contribution is -2.40. The molecule has 0 aliphatic carbocycles. The van der Waals surface area contributed by atoms with Crippen LogP contribution in [0.15, 0.2) is 36.9 Å². The number of aliphatic carboxylic acids is 1. The Labute approximate surface area is 134 Å². The van der Waals surface area contributed by atoms with Gasteiger partial charge in [0, 0.05) is 24.2 Å². The zero-order valence-electron chi connectivity index (χ0n) is 12.8. The standard InChI is InChI=1S/C17H20N2O4/c1-2-3-8-14(17(22)23)18-16(21)12-6-4-7-13(11-12)19-10-5-9-15(19)20/h2,4,6-7,11,14H,1,3,5,8-10H2,(H,18,21)(H,22,23). The van der Waals surface area contributed by atoms with Crippen molar-refractivity contribution in [3.63, 3.8) is 0 Å². The molecule has 1 heterocycles. The van der Waals surface area contributed by atoms with Gasteiger partial charge in [-0.15, -0.1) is 6.58 Å². The molecule has 1 fully saturated rings. The summed E-state index contributed by atoms with van der Waals surface area (Å²) in [5, 5.41) is 11.7. The van der Waals surface area contributed by atoms with Crippen LogP contribution >= 0.6 is 0 Å². The second-order valence-electron chi connectivity index (χ2n) is 5.43. The van der Waals surface area contributed by atoms with Gasteiger partial charge < -0.3 is 15.3 Å². The van der Waals surface area contributed by atoms with Crippen molar-refractivity contribution in [1.82, 2.24) is 5.32 Å². The van der Waals surface area contributed by atoms with Crippen molar-refractivity contribution in [1.29, 1.82) is 0 Å². The van der Waals surface area contributed by atoms with E-state index in [1.165, 1.54) is 0 Å². The highest BCUT2D eigenvalue weighted by molar-refractivity contribution is 6.00. The van der Waals surface area contributed by atoms with E-state index in [-0.39, 0.29) is 12.3 Å². The molecule has 0 aromatic heterocycles. The third-order valence-electron chi connectivity index (χ3n) is 3.76. The molecule has 6 heteroatoms. The summed E-state index contributed by atoms with van der Waals surface area (Å²) in [6, 6.07) is 5.72. The van der Waals surface area contributed by atoms with Crippen molar-refractivity contribution in [2.24, 2.45) is 0 Å². The molecule has 6 nitrogen and oxygen atoms in total. The van der Waals surface area contributed by atoms with Gasteiger partial charge in [0.25, 0.3) is 5.91 Å². The summed E-state index contributed by atoms with van der Waals surface area (Å²) >= 11 is 0. The average molecular weight is 316 g/mol. The first-order valence-electron chi connectivity index (χ1n) is 7.58. The van der Waals surface area contributed by atoms with E-state index in [1.807, 2.05) is 0 Å². The number of benzene rings is 1. The van der Waals surface area contributed by atoms with Gasteiger partial charge in [-0.3, -0.25) is 9.59 Å². The van der Waals surface area contributed by atoms with E-state index >= 15 is 0 Å². The Morgan fingerprint density at radius 1 is 1.43 bits per heavy atom. The number of hydrogen-bond donors (Lipinski definition) is 2. The molecule has 2 N–H and O–H groups in total. The number of rotatable bonds is 7. The fourth-order valence-corrected chi connectivity index (χ4v) is 2.52. The van der Waals surface area contributed by atoms with Crippen molar-refractivity contribution < 1.29 is 19.5 Å². The van der Waals surface area contributed by atoms with E-state index in [0.29, 0.717) is 30.6 Å². The second kappa shape index (κ2) is 7.58. The smallest absolute Gasteiger partial charge is 0.326 e. The number of carbonyl (C=O) groups is 3. The predicted molar refractivity (Wildman–Crippen MR) is 86.4 cm³/mol. The number of nitrogens with zero attached hydrogens (tertiary/aromatic N) is 1. The largest absolute Gasteiger partial charge is 0.480 e. The minimum Gasteiger partial charge on any atom is -0.480 e. The summed E-state index contributed by atoms with van der Waals surface area (Å²) < 4.78 is 0. The van der Waals surface area contributed by atoms with Crippen LogP contribution in [-0.2, 0) is 9.59 Å². The maximum atomic E-state index is 12.3. The first-order chi connectivity index (χ1) is 11.0. The highest BCUT2D eigenvalue weighted by atomic mass is 16.4. The van der Waals surface area contributed by atoms with Crippen LogP contribution in [0.4, 0.5) is 5.69 Å². The molecule has 2 rings (SSSR count). The summed E-state index contributed by atoms with van der Waals surface area (Å²) in [6.45, 7) is 4.19. The van der Waals surface area contributed by atoms with Gasteiger partial charge in [-0.05, 0) is 37.5 Å². The molecule has 1 aromatic carbocycles. The lowest BCUT2D eigenvalue weighted by atomic mass is 10.1. The van der Waals surface area contributed by atoms with Gasteiger partial charge in [-0.25, -0.2) is 4.79 Å². The molecule has 122 valence electrons. The molecule has 1 unspecified atom stereocenters. The van der Waals surface area contributed by atoms with E-state index in [4.69, 9.17) is 5.11 Å². The summed E-state index contributed by atoms with van der Waals surface area (Å²) in [4.78, 5) is 36.9. The third-order valence-corrected chi connectivity index (χ3v) is 3.76. The van der Waals surface area contributed by atoms with Gasteiger partial charge in [-0.1, -0.05) is 12.1 Å². The first-order valence-corrected chi connectivity index (χ1v) is 7.58. The van der Waals surface area contributed by atoms with Crippen LogP contribution in [-0.4, -0.2) is 35.5 Å². The number of carboxylic acid groups (broad SMARTS) is 1. The van der Waals surface area contributed by atoms with Gasteiger partial charge in [-0.2, -0.15) is 0 Å². The van der Waals surface area contributed by atoms with Crippen LogP contribution in [0.2, 0.25) is 0 Å². The highest BCUT2D eigenvalue weighted by Crippen LogP contribution is 2.22. The number of carbonyl (C=O) groups excluding carboxylic acids is 2. The average Bonchev–Trinajstić information content (AvgIpc) is 2.97. The Hall–Kier alpha value is -2.63. The summed E-state index contributed by atoms with van der Waals surface area (Å²) in [6.07, 6.45) is 3.72. The van der Waals surface area contributed by atoms with Crippen molar-refractivity contribution >= 4 is 23.5 Å². The Kier molecular flexibility index (Phi) is 5.51. The maximum absolute atomic E-state index is 12.3. The van der Waals surface area contributed by atoms with Crippen LogP contribution in [0.1, 0.15) is 36.0 Å². The topological polar surface area (TPSA) is 86.7 Å². The van der Waals surface area contributed by atoms with E-state index in [0.717, 1.165) is 6.42 Å². The zero-order chi connectivity index (χ0) is 16.8. The van der Waals surface area contributed by atoms with Crippen LogP contribution in [0, 0.1) is 0 Å². The predicted octanol–water partition coefficient (Wildman–Crippen LogP) is 1.96. The van der Waals surface area contributed by atoms with E-state index in [1.54, 1.807) is 35.2 Å². The number of nitrogens with one attached hydrogen (secondary N) is 1. The van der Waals surface area contributed by atoms with Crippen molar-refractivity contribution in [2.75, 3.05) is 11.4 Å². The molecule has 1 aliphatic rings. The van der Waals surface area contributed by atoms with Gasteiger partial charge in [0.15, 0.2) is 0 Å². The van der Waals surface area contributed by atoms with Gasteiger partial charge in [0.05, 0.1) is 0 Å². The Morgan fingerprint density at radius 3 is 2.83 bits per heavy atom. The van der Waals surface area contributed by atoms with Crippen LogP contribution < -0.4 is 10.2 Å². The molecular formula is C17H20N2O4. The van der Waals surface area contributed by atoms with Crippen molar-refractivity contribution in [3.05, 3.63) is 42.5 Å². The summed E-state index contributed by atoms with van der Waals surface area (Å²) in [5.41, 5.74) is 1.00. The van der Waals surface area contributed by atoms with Crippen LogP contribution in [0.3, 0.4) is 0 Å². The normalized spacial score (nSPS) is 15.3. The molecular weight excluding hydrogens is 296 g/mol. The fraction of sp³-hybridized carbons (Fsp3) is 0.353. The van der Waals surface area contributed by atoms with E-state index in [9.17, 15) is 14.4 Å². The molecule has 0 bridgehead atoms. The monoisotopic (exact) mass is 316 g/mol.